The van der Waals surface area contributed by atoms with Crippen molar-refractivity contribution in [2.45, 2.75) is 51.8 Å². The topological polar surface area (TPSA) is 111 Å². The molecule has 0 aliphatic carbocycles. The molecule has 12 heteroatoms. The van der Waals surface area contributed by atoms with E-state index in [4.69, 9.17) is 4.74 Å². The Hall–Kier alpha value is -3.74. The molecule has 1 aliphatic rings. The molecule has 43 heavy (non-hydrogen) atoms. The number of carbonyl (C=O) groups is 1. The summed E-state index contributed by atoms with van der Waals surface area (Å²) in [6.07, 6.45) is 4.00. The molecular weight excluding hydrogens is 578 g/mol. The van der Waals surface area contributed by atoms with Crippen molar-refractivity contribution in [3.8, 4) is 11.5 Å². The number of sulfonamides is 1. The van der Waals surface area contributed by atoms with Gasteiger partial charge in [-0.3, -0.25) is 14.5 Å². The van der Waals surface area contributed by atoms with Crippen LogP contribution < -0.4 is 19.7 Å². The van der Waals surface area contributed by atoms with Gasteiger partial charge in [-0.2, -0.15) is 0 Å². The Morgan fingerprint density at radius 2 is 1.65 bits per heavy atom. The van der Waals surface area contributed by atoms with E-state index in [2.05, 4.69) is 14.9 Å². The number of hydrogen-bond donors (Lipinski definition) is 3. The highest BCUT2D eigenvalue weighted by Crippen LogP contribution is 2.26. The van der Waals surface area contributed by atoms with Crippen molar-refractivity contribution in [1.82, 2.24) is 10.2 Å². The minimum absolute atomic E-state index is 0.0396. The SMILES string of the molecule is CCCCN(C(=O)NC1CCN(Cc2ccc(Oc3ccc(NS(C)(=O)=O)cc3)cc2)CC1)c1cc(CO)c(F)cc1F. The number of likely N-dealkylation sites (tertiary alicyclic amines) is 1. The monoisotopic (exact) mass is 616 g/mol. The Balaban J connectivity index is 1.28. The van der Waals surface area contributed by atoms with Gasteiger partial charge in [0.15, 0.2) is 0 Å². The molecule has 0 atom stereocenters. The summed E-state index contributed by atoms with van der Waals surface area (Å²) in [6.45, 7) is 3.93. The lowest BCUT2D eigenvalue weighted by molar-refractivity contribution is 0.188. The van der Waals surface area contributed by atoms with E-state index in [1.54, 1.807) is 24.3 Å². The molecule has 0 bridgehead atoms. The van der Waals surface area contributed by atoms with Crippen molar-refractivity contribution in [3.63, 3.8) is 0 Å². The maximum absolute atomic E-state index is 14.7. The van der Waals surface area contributed by atoms with E-state index in [-0.39, 0.29) is 23.8 Å². The molecule has 0 saturated carbocycles. The number of aliphatic hydroxyl groups excluding tert-OH is 1. The van der Waals surface area contributed by atoms with Gasteiger partial charge in [0.2, 0.25) is 10.0 Å². The minimum atomic E-state index is -3.34. The van der Waals surface area contributed by atoms with Gasteiger partial charge in [0.25, 0.3) is 0 Å². The normalized spacial score (nSPS) is 14.3. The molecule has 1 heterocycles. The van der Waals surface area contributed by atoms with Crippen LogP contribution in [0, 0.1) is 11.6 Å². The fraction of sp³-hybridized carbons (Fsp3) is 0.387. The molecular formula is C31H38F2N4O5S. The number of carbonyl (C=O) groups excluding carboxylic acids is 1. The molecule has 3 N–H and O–H groups in total. The van der Waals surface area contributed by atoms with Crippen molar-refractivity contribution in [2.75, 3.05) is 35.5 Å². The Labute approximate surface area is 251 Å². The number of halogens is 2. The highest BCUT2D eigenvalue weighted by atomic mass is 32.2. The van der Waals surface area contributed by atoms with Crippen LogP contribution in [0.4, 0.5) is 25.0 Å². The van der Waals surface area contributed by atoms with Crippen LogP contribution in [0.25, 0.3) is 0 Å². The van der Waals surface area contributed by atoms with Crippen LogP contribution in [0.3, 0.4) is 0 Å². The number of hydrogen-bond acceptors (Lipinski definition) is 6. The van der Waals surface area contributed by atoms with Gasteiger partial charge in [-0.15, -0.1) is 0 Å². The standard InChI is InChI=1S/C31H38F2N4O5S/c1-3-4-15-37(30-18-23(21-38)28(32)19-29(30)33)31(39)34-24-13-16-36(17-14-24)20-22-5-9-26(10-6-22)42-27-11-7-25(8-12-27)35-43(2,40)41/h5-12,18-19,24,35,38H,3-4,13-17,20-21H2,1-2H3,(H,34,39). The van der Waals surface area contributed by atoms with Crippen molar-refractivity contribution in [3.05, 3.63) is 83.4 Å². The maximum Gasteiger partial charge on any atom is 0.322 e. The second-order valence-corrected chi connectivity index (χ2v) is 12.5. The van der Waals surface area contributed by atoms with Gasteiger partial charge in [-0.25, -0.2) is 22.0 Å². The Kier molecular flexibility index (Phi) is 10.9. The van der Waals surface area contributed by atoms with E-state index in [1.165, 1.54) is 11.0 Å². The van der Waals surface area contributed by atoms with E-state index >= 15 is 0 Å². The molecule has 4 rings (SSSR count). The molecule has 1 aliphatic heterocycles. The predicted octanol–water partition coefficient (Wildman–Crippen LogP) is 5.60. The molecule has 3 aromatic carbocycles. The van der Waals surface area contributed by atoms with E-state index in [0.717, 1.165) is 50.7 Å². The largest absolute Gasteiger partial charge is 0.457 e. The second kappa shape index (κ2) is 14.6. The summed E-state index contributed by atoms with van der Waals surface area (Å²) in [5, 5.41) is 12.4. The molecule has 9 nitrogen and oxygen atoms in total. The number of benzene rings is 3. The number of amides is 2. The fourth-order valence-corrected chi connectivity index (χ4v) is 5.47. The lowest BCUT2D eigenvalue weighted by atomic mass is 10.0. The van der Waals surface area contributed by atoms with Crippen molar-refractivity contribution in [1.29, 1.82) is 0 Å². The summed E-state index contributed by atoms with van der Waals surface area (Å²) in [6, 6.07) is 15.8. The van der Waals surface area contributed by atoms with Crippen LogP contribution in [-0.2, 0) is 23.2 Å². The molecule has 1 fully saturated rings. The van der Waals surface area contributed by atoms with E-state index in [1.807, 2.05) is 31.2 Å². The average molecular weight is 617 g/mol. The lowest BCUT2D eigenvalue weighted by Gasteiger charge is -2.34. The van der Waals surface area contributed by atoms with Crippen molar-refractivity contribution >= 4 is 27.4 Å². The number of urea groups is 1. The van der Waals surface area contributed by atoms with E-state index < -0.39 is 34.3 Å². The van der Waals surface area contributed by atoms with Crippen LogP contribution in [0.2, 0.25) is 0 Å². The molecule has 0 radical (unpaired) electrons. The molecule has 1 saturated heterocycles. The van der Waals surface area contributed by atoms with E-state index in [9.17, 15) is 27.1 Å². The van der Waals surface area contributed by atoms with Crippen LogP contribution in [0.15, 0.2) is 60.7 Å². The highest BCUT2D eigenvalue weighted by molar-refractivity contribution is 7.92. The Morgan fingerprint density at radius 1 is 1.02 bits per heavy atom. The van der Waals surface area contributed by atoms with E-state index in [0.29, 0.717) is 29.7 Å². The smallest absolute Gasteiger partial charge is 0.322 e. The van der Waals surface area contributed by atoms with Crippen LogP contribution in [0.1, 0.15) is 43.7 Å². The first-order valence-electron chi connectivity index (χ1n) is 14.3. The number of aliphatic hydroxyl groups is 1. The van der Waals surface area contributed by atoms with Gasteiger partial charge in [0.05, 0.1) is 18.6 Å². The number of nitrogens with one attached hydrogen (secondary N) is 2. The summed E-state index contributed by atoms with van der Waals surface area (Å²) in [7, 11) is -3.34. The van der Waals surface area contributed by atoms with Gasteiger partial charge in [0.1, 0.15) is 23.1 Å². The zero-order valence-corrected chi connectivity index (χ0v) is 25.2. The molecule has 3 aromatic rings. The molecule has 0 unspecified atom stereocenters. The molecule has 232 valence electrons. The van der Waals surface area contributed by atoms with Crippen molar-refractivity contribution in [2.24, 2.45) is 0 Å². The van der Waals surface area contributed by atoms with Gasteiger partial charge in [-0.05, 0) is 67.3 Å². The third kappa shape index (κ3) is 9.37. The first-order valence-corrected chi connectivity index (χ1v) is 16.2. The summed E-state index contributed by atoms with van der Waals surface area (Å²) in [5.74, 6) is -0.442. The molecule has 0 spiro atoms. The summed E-state index contributed by atoms with van der Waals surface area (Å²) in [5.41, 5.74) is 1.47. The third-order valence-corrected chi connectivity index (χ3v) is 7.80. The number of ether oxygens (including phenoxy) is 1. The van der Waals surface area contributed by atoms with Crippen molar-refractivity contribution < 1.29 is 31.8 Å². The second-order valence-electron chi connectivity index (χ2n) is 10.7. The first kappa shape index (κ1) is 32.2. The van der Waals surface area contributed by atoms with Gasteiger partial charge in [0, 0.05) is 49.5 Å². The maximum atomic E-state index is 14.7. The Morgan fingerprint density at radius 3 is 2.23 bits per heavy atom. The Bertz CT molecular complexity index is 1480. The van der Waals surface area contributed by atoms with Gasteiger partial charge >= 0.3 is 6.03 Å². The van der Waals surface area contributed by atoms with Crippen LogP contribution in [0.5, 0.6) is 11.5 Å². The zero-order chi connectivity index (χ0) is 31.0. The fourth-order valence-electron chi connectivity index (χ4n) is 4.91. The number of unbranched alkanes of at least 4 members (excludes halogenated alkanes) is 1. The summed E-state index contributed by atoms with van der Waals surface area (Å²) < 4.78 is 59.6. The summed E-state index contributed by atoms with van der Waals surface area (Å²) in [4.78, 5) is 16.8. The number of anilines is 2. The highest BCUT2D eigenvalue weighted by Gasteiger charge is 2.26. The predicted molar refractivity (Wildman–Crippen MR) is 163 cm³/mol. The quantitative estimate of drug-likeness (QED) is 0.244. The van der Waals surface area contributed by atoms with Crippen LogP contribution >= 0.6 is 0 Å². The molecule has 2 amide bonds. The number of piperidine rings is 1. The number of nitrogens with zero attached hydrogens (tertiary/aromatic N) is 2. The average Bonchev–Trinajstić information content (AvgIpc) is 2.96. The summed E-state index contributed by atoms with van der Waals surface area (Å²) >= 11 is 0. The lowest BCUT2D eigenvalue weighted by Crippen LogP contribution is -2.49. The number of rotatable bonds is 12. The third-order valence-electron chi connectivity index (χ3n) is 7.20. The van der Waals surface area contributed by atoms with Gasteiger partial charge < -0.3 is 15.2 Å². The minimum Gasteiger partial charge on any atom is -0.457 e. The molecule has 0 aromatic heterocycles. The van der Waals surface area contributed by atoms with Crippen LogP contribution in [-0.4, -0.2) is 56.4 Å². The zero-order valence-electron chi connectivity index (χ0n) is 24.4. The van der Waals surface area contributed by atoms with Gasteiger partial charge in [-0.1, -0.05) is 25.5 Å². The first-order chi connectivity index (χ1) is 20.5.